The molecule has 0 amide bonds. The van der Waals surface area contributed by atoms with Crippen molar-refractivity contribution in [1.82, 2.24) is 0 Å². The first kappa shape index (κ1) is 12.1. The van der Waals surface area contributed by atoms with Gasteiger partial charge in [0.15, 0.2) is 11.6 Å². The normalized spacial score (nSPS) is 13.0. The predicted molar refractivity (Wildman–Crippen MR) is 47.7 cm³/mol. The van der Waals surface area contributed by atoms with Gasteiger partial charge < -0.3 is 9.47 Å². The number of allylic oxidation sites excluding steroid dienone is 4. The molecule has 0 fully saturated rings. The second kappa shape index (κ2) is 6.59. The molecule has 0 bridgehead atoms. The minimum absolute atomic E-state index is 0.121. The second-order valence-electron chi connectivity index (χ2n) is 2.13. The number of rotatable bonds is 0. The maximum absolute atomic E-state index is 10.3. The average molecular weight is 198 g/mol. The average Bonchev–Trinajstić information content (AvgIpc) is 2.22. The van der Waals surface area contributed by atoms with Gasteiger partial charge in [-0.15, -0.1) is 0 Å². The lowest BCUT2D eigenvalue weighted by atomic mass is 10.2. The molecule has 5 nitrogen and oxygen atoms in total. The molecule has 0 heterocycles. The van der Waals surface area contributed by atoms with E-state index in [1.807, 2.05) is 0 Å². The number of carbonyl (C=O) groups excluding carboxylic acids is 3. The smallest absolute Gasteiger partial charge is 0.438 e. The topological polar surface area (TPSA) is 69.7 Å². The molecule has 1 aliphatic carbocycles. The van der Waals surface area contributed by atoms with E-state index in [1.54, 1.807) is 0 Å². The molecule has 0 aromatic heterocycles. The summed E-state index contributed by atoms with van der Waals surface area (Å²) in [5.41, 5.74) is 0. The van der Waals surface area contributed by atoms with Gasteiger partial charge in [-0.3, -0.25) is 9.59 Å². The Labute approximate surface area is 81.0 Å². The molecule has 1 aliphatic rings. The molecule has 0 unspecified atom stereocenters. The lowest BCUT2D eigenvalue weighted by Gasteiger charge is -1.89. The zero-order chi connectivity index (χ0) is 11.0. The van der Waals surface area contributed by atoms with Crippen molar-refractivity contribution in [3.8, 4) is 0 Å². The first-order valence-electron chi connectivity index (χ1n) is 3.66. The van der Waals surface area contributed by atoms with Crippen LogP contribution in [0.3, 0.4) is 0 Å². The Morgan fingerprint density at radius 2 is 1.21 bits per heavy atom. The monoisotopic (exact) mass is 198 g/mol. The summed E-state index contributed by atoms with van der Waals surface area (Å²) in [4.78, 5) is 30.3. The van der Waals surface area contributed by atoms with Crippen LogP contribution in [0.1, 0.15) is 0 Å². The summed E-state index contributed by atoms with van der Waals surface area (Å²) >= 11 is 0. The van der Waals surface area contributed by atoms with Crippen molar-refractivity contribution in [2.75, 3.05) is 14.2 Å². The van der Waals surface area contributed by atoms with E-state index in [0.29, 0.717) is 0 Å². The second-order valence-corrected chi connectivity index (χ2v) is 2.13. The molecule has 0 aliphatic heterocycles. The van der Waals surface area contributed by atoms with E-state index in [2.05, 4.69) is 9.47 Å². The molecule has 0 aromatic carbocycles. The summed E-state index contributed by atoms with van der Waals surface area (Å²) in [7, 11) is 2.51. The molecular weight excluding hydrogens is 188 g/mol. The molecule has 0 saturated carbocycles. The molecule has 5 heteroatoms. The summed E-state index contributed by atoms with van der Waals surface area (Å²) in [6, 6.07) is 0. The number of ether oxygens (including phenoxy) is 2. The van der Waals surface area contributed by atoms with Gasteiger partial charge in [0.05, 0.1) is 14.2 Å². The van der Waals surface area contributed by atoms with Crippen molar-refractivity contribution in [2.45, 2.75) is 0 Å². The van der Waals surface area contributed by atoms with Crippen LogP contribution in [-0.4, -0.2) is 31.9 Å². The van der Waals surface area contributed by atoms with Crippen LogP contribution in [0.4, 0.5) is 4.79 Å². The lowest BCUT2D eigenvalue weighted by molar-refractivity contribution is -0.113. The SMILES string of the molecule is COC(=O)OC.O=C1C=CC(=O)C=C1. The quantitative estimate of drug-likeness (QED) is 0.422. The first-order chi connectivity index (χ1) is 6.60. The zero-order valence-corrected chi connectivity index (χ0v) is 7.85. The third-order valence-electron chi connectivity index (χ3n) is 1.16. The first-order valence-corrected chi connectivity index (χ1v) is 3.66. The van der Waals surface area contributed by atoms with Gasteiger partial charge in [0.2, 0.25) is 0 Å². The van der Waals surface area contributed by atoms with Crippen molar-refractivity contribution < 1.29 is 23.9 Å². The van der Waals surface area contributed by atoms with Crippen LogP contribution < -0.4 is 0 Å². The molecule has 0 spiro atoms. The van der Waals surface area contributed by atoms with E-state index >= 15 is 0 Å². The summed E-state index contributed by atoms with van der Waals surface area (Å²) in [6.45, 7) is 0. The number of hydrogen-bond acceptors (Lipinski definition) is 5. The highest BCUT2D eigenvalue weighted by molar-refractivity contribution is 6.14. The molecule has 0 saturated heterocycles. The highest BCUT2D eigenvalue weighted by atomic mass is 16.7. The van der Waals surface area contributed by atoms with Gasteiger partial charge in [-0.2, -0.15) is 0 Å². The van der Waals surface area contributed by atoms with Crippen LogP contribution in [0.25, 0.3) is 0 Å². The number of carbonyl (C=O) groups is 3. The molecule has 0 aromatic rings. The highest BCUT2D eigenvalue weighted by Crippen LogP contribution is 1.90. The maximum Gasteiger partial charge on any atom is 0.507 e. The molecule has 0 N–H and O–H groups in total. The number of ketones is 2. The van der Waals surface area contributed by atoms with Crippen LogP contribution in [0.15, 0.2) is 24.3 Å². The van der Waals surface area contributed by atoms with Gasteiger partial charge in [-0.1, -0.05) is 0 Å². The van der Waals surface area contributed by atoms with Gasteiger partial charge in [-0.25, -0.2) is 4.79 Å². The van der Waals surface area contributed by atoms with Crippen LogP contribution in [0.5, 0.6) is 0 Å². The Hall–Kier alpha value is -1.91. The fraction of sp³-hybridized carbons (Fsp3) is 0.222. The lowest BCUT2D eigenvalue weighted by Crippen LogP contribution is -1.97. The van der Waals surface area contributed by atoms with Crippen LogP contribution in [-0.2, 0) is 19.1 Å². The van der Waals surface area contributed by atoms with Gasteiger partial charge >= 0.3 is 6.16 Å². The van der Waals surface area contributed by atoms with Crippen LogP contribution >= 0.6 is 0 Å². The Bertz CT molecular complexity index is 244. The summed E-state index contributed by atoms with van der Waals surface area (Å²) in [5, 5.41) is 0. The number of hydrogen-bond donors (Lipinski definition) is 0. The van der Waals surface area contributed by atoms with E-state index in [4.69, 9.17) is 0 Å². The van der Waals surface area contributed by atoms with E-state index in [-0.39, 0.29) is 11.6 Å². The third-order valence-corrected chi connectivity index (χ3v) is 1.16. The van der Waals surface area contributed by atoms with Gasteiger partial charge in [0.25, 0.3) is 0 Å². The van der Waals surface area contributed by atoms with E-state index in [1.165, 1.54) is 38.5 Å². The largest absolute Gasteiger partial charge is 0.507 e. The van der Waals surface area contributed by atoms with Gasteiger partial charge in [-0.05, 0) is 24.3 Å². The zero-order valence-electron chi connectivity index (χ0n) is 7.85. The van der Waals surface area contributed by atoms with Crippen LogP contribution in [0, 0.1) is 0 Å². The van der Waals surface area contributed by atoms with Crippen molar-refractivity contribution in [3.63, 3.8) is 0 Å². The Morgan fingerprint density at radius 3 is 1.36 bits per heavy atom. The molecule has 76 valence electrons. The highest BCUT2D eigenvalue weighted by Gasteiger charge is 1.97. The van der Waals surface area contributed by atoms with Crippen molar-refractivity contribution in [2.24, 2.45) is 0 Å². The fourth-order valence-electron chi connectivity index (χ4n) is 0.523. The summed E-state index contributed by atoms with van der Waals surface area (Å²) in [6.07, 6.45) is 4.35. The minimum Gasteiger partial charge on any atom is -0.438 e. The fourth-order valence-corrected chi connectivity index (χ4v) is 0.523. The van der Waals surface area contributed by atoms with E-state index in [0.717, 1.165) is 0 Å². The van der Waals surface area contributed by atoms with Crippen LogP contribution in [0.2, 0.25) is 0 Å². The van der Waals surface area contributed by atoms with Crippen molar-refractivity contribution in [3.05, 3.63) is 24.3 Å². The van der Waals surface area contributed by atoms with Crippen molar-refractivity contribution in [1.29, 1.82) is 0 Å². The molecule has 0 atom stereocenters. The summed E-state index contributed by atoms with van der Waals surface area (Å²) < 4.78 is 8.08. The molecule has 0 radical (unpaired) electrons. The minimum atomic E-state index is -0.657. The van der Waals surface area contributed by atoms with E-state index < -0.39 is 6.16 Å². The predicted octanol–water partition coefficient (Wildman–Crippen LogP) is 0.650. The standard InChI is InChI=1S/C6H4O2.C3H6O3/c7-5-1-2-6(8)4-3-5;1-5-3(4)6-2/h1-4H;1-2H3. The Kier molecular flexibility index (Phi) is 5.69. The Balaban J connectivity index is 0.000000255. The maximum atomic E-state index is 10.3. The third kappa shape index (κ3) is 5.70. The molecular formula is C9H10O5. The molecule has 14 heavy (non-hydrogen) atoms. The van der Waals surface area contributed by atoms with E-state index in [9.17, 15) is 14.4 Å². The Morgan fingerprint density at radius 1 is 0.929 bits per heavy atom. The van der Waals surface area contributed by atoms with Crippen molar-refractivity contribution >= 4 is 17.7 Å². The van der Waals surface area contributed by atoms with Gasteiger partial charge in [0, 0.05) is 0 Å². The number of methoxy groups -OCH3 is 2. The summed E-state index contributed by atoms with van der Waals surface area (Å²) in [5.74, 6) is -0.241. The molecule has 1 rings (SSSR count). The van der Waals surface area contributed by atoms with Gasteiger partial charge in [0.1, 0.15) is 0 Å².